The average Bonchev–Trinajstić information content (AvgIpc) is 2.02. The third-order valence-electron chi connectivity index (χ3n) is 1.42. The van der Waals surface area contributed by atoms with Gasteiger partial charge in [0.25, 0.3) is 5.69 Å². The fourth-order valence-electron chi connectivity index (χ4n) is 0.812. The van der Waals surface area contributed by atoms with E-state index >= 15 is 0 Å². The quantitative estimate of drug-likeness (QED) is 0.455. The molecule has 1 aromatic rings. The molecule has 0 amide bonds. The van der Waals surface area contributed by atoms with Crippen molar-refractivity contribution in [1.29, 1.82) is 0 Å². The Bertz CT molecular complexity index is 483. The van der Waals surface area contributed by atoms with Crippen molar-refractivity contribution < 1.29 is 22.3 Å². The van der Waals surface area contributed by atoms with Crippen LogP contribution >= 0.6 is 0 Å². The second-order valence-corrected chi connectivity index (χ2v) is 3.66. The van der Waals surface area contributed by atoms with Gasteiger partial charge in [0.2, 0.25) is 0 Å². The van der Waals surface area contributed by atoms with Crippen molar-refractivity contribution in [2.45, 2.75) is 4.90 Å². The zero-order valence-corrected chi connectivity index (χ0v) is 7.36. The molecule has 0 saturated carbocycles. The van der Waals surface area contributed by atoms with Crippen molar-refractivity contribution in [2.24, 2.45) is 0 Å². The number of halogens is 1. The Kier molecular flexibility index (Phi) is 2.39. The molecular formula is C6H4FNO5S. The average molecular weight is 221 g/mol. The zero-order chi connectivity index (χ0) is 10.9. The number of phenolic OH excluding ortho intramolecular Hbond substituents is 1. The number of nitrogens with zero attached hydrogens (tertiary/aromatic N) is 1. The minimum Gasteiger partial charge on any atom is -0.506 e. The number of benzene rings is 1. The van der Waals surface area contributed by atoms with E-state index in [0.717, 1.165) is 12.1 Å². The summed E-state index contributed by atoms with van der Waals surface area (Å²) < 4.78 is 33.2. The number of nitro benzene ring substituents is 1. The fraction of sp³-hybridized carbons (Fsp3) is 0. The van der Waals surface area contributed by atoms with Crippen LogP contribution in [0.4, 0.5) is 9.57 Å². The molecule has 14 heavy (non-hydrogen) atoms. The molecule has 8 heteroatoms. The predicted octanol–water partition coefficient (Wildman–Crippen LogP) is 0.959. The van der Waals surface area contributed by atoms with Crippen molar-refractivity contribution in [3.05, 3.63) is 28.3 Å². The number of non-ortho nitro benzene ring substituents is 1. The molecule has 1 N–H and O–H groups in total. The van der Waals surface area contributed by atoms with Gasteiger partial charge in [-0.15, -0.1) is 3.89 Å². The minimum absolute atomic E-state index is 0.449. The number of hydrogen-bond acceptors (Lipinski definition) is 5. The highest BCUT2D eigenvalue weighted by Gasteiger charge is 2.21. The van der Waals surface area contributed by atoms with Crippen LogP contribution in [0.25, 0.3) is 0 Å². The van der Waals surface area contributed by atoms with Gasteiger partial charge in [-0.1, -0.05) is 0 Å². The summed E-state index contributed by atoms with van der Waals surface area (Å²) in [6, 6.07) is 2.05. The van der Waals surface area contributed by atoms with E-state index in [-0.39, 0.29) is 0 Å². The Balaban J connectivity index is 3.44. The molecule has 76 valence electrons. The first-order chi connectivity index (χ1) is 6.32. The highest BCUT2D eigenvalue weighted by molar-refractivity contribution is 7.86. The normalized spacial score (nSPS) is 11.2. The lowest BCUT2D eigenvalue weighted by molar-refractivity contribution is -0.385. The van der Waals surface area contributed by atoms with E-state index in [1.165, 1.54) is 0 Å². The second-order valence-electron chi connectivity index (χ2n) is 2.35. The van der Waals surface area contributed by atoms with Gasteiger partial charge in [-0.05, 0) is 6.07 Å². The summed E-state index contributed by atoms with van der Waals surface area (Å²) in [5.74, 6) is -0.863. The van der Waals surface area contributed by atoms with Crippen LogP contribution in [-0.2, 0) is 10.2 Å². The van der Waals surface area contributed by atoms with E-state index < -0.39 is 31.5 Å². The molecule has 0 saturated heterocycles. The van der Waals surface area contributed by atoms with Crippen molar-refractivity contribution in [3.8, 4) is 5.75 Å². The van der Waals surface area contributed by atoms with Gasteiger partial charge in [0.05, 0.1) is 4.92 Å². The van der Waals surface area contributed by atoms with Crippen LogP contribution in [0, 0.1) is 10.1 Å². The van der Waals surface area contributed by atoms with E-state index in [0.29, 0.717) is 6.07 Å². The monoisotopic (exact) mass is 221 g/mol. The number of rotatable bonds is 2. The molecule has 0 aliphatic heterocycles. The SMILES string of the molecule is O=[N+]([O-])c1ccc(O)c(S(=O)(=O)F)c1. The van der Waals surface area contributed by atoms with E-state index in [1.54, 1.807) is 0 Å². The maximum atomic E-state index is 12.4. The maximum absolute atomic E-state index is 12.4. The third kappa shape index (κ3) is 1.96. The Hall–Kier alpha value is -1.70. The topological polar surface area (TPSA) is 97.5 Å². The van der Waals surface area contributed by atoms with Crippen molar-refractivity contribution >= 4 is 15.9 Å². The van der Waals surface area contributed by atoms with Gasteiger partial charge in [0.15, 0.2) is 0 Å². The number of nitro groups is 1. The van der Waals surface area contributed by atoms with Crippen molar-refractivity contribution in [1.82, 2.24) is 0 Å². The molecule has 1 rings (SSSR count). The van der Waals surface area contributed by atoms with E-state index in [1.807, 2.05) is 0 Å². The Morgan fingerprint density at radius 2 is 2.00 bits per heavy atom. The molecule has 0 aliphatic carbocycles. The predicted molar refractivity (Wildman–Crippen MR) is 43.1 cm³/mol. The number of hydrogen-bond donors (Lipinski definition) is 1. The summed E-state index contributed by atoms with van der Waals surface area (Å²) in [6.07, 6.45) is 0. The number of aromatic hydroxyl groups is 1. The van der Waals surface area contributed by atoms with E-state index in [4.69, 9.17) is 5.11 Å². The lowest BCUT2D eigenvalue weighted by Gasteiger charge is -1.98. The van der Waals surface area contributed by atoms with Crippen LogP contribution in [0.5, 0.6) is 5.75 Å². The van der Waals surface area contributed by atoms with Crippen LogP contribution in [0.3, 0.4) is 0 Å². The lowest BCUT2D eigenvalue weighted by atomic mass is 10.3. The smallest absolute Gasteiger partial charge is 0.336 e. The van der Waals surface area contributed by atoms with Crippen LogP contribution in [-0.4, -0.2) is 18.4 Å². The first-order valence-corrected chi connectivity index (χ1v) is 4.63. The highest BCUT2D eigenvalue weighted by atomic mass is 32.3. The van der Waals surface area contributed by atoms with Crippen LogP contribution in [0.1, 0.15) is 0 Å². The molecule has 0 atom stereocenters. The van der Waals surface area contributed by atoms with E-state index in [2.05, 4.69) is 0 Å². The van der Waals surface area contributed by atoms with Crippen LogP contribution in [0.2, 0.25) is 0 Å². The standard InChI is InChI=1S/C6H4FNO5S/c7-14(12,13)6-3-4(8(10)11)1-2-5(6)9/h1-3,9H. The molecule has 0 aromatic heterocycles. The van der Waals surface area contributed by atoms with Gasteiger partial charge >= 0.3 is 10.2 Å². The molecule has 0 heterocycles. The second kappa shape index (κ2) is 3.22. The van der Waals surface area contributed by atoms with Crippen molar-refractivity contribution in [3.63, 3.8) is 0 Å². The van der Waals surface area contributed by atoms with Gasteiger partial charge in [0.1, 0.15) is 10.6 Å². The molecule has 6 nitrogen and oxygen atoms in total. The van der Waals surface area contributed by atoms with E-state index in [9.17, 15) is 22.4 Å². The van der Waals surface area contributed by atoms with Crippen LogP contribution in [0.15, 0.2) is 23.1 Å². The number of phenols is 1. The van der Waals surface area contributed by atoms with Crippen LogP contribution < -0.4 is 0 Å². The van der Waals surface area contributed by atoms with Gasteiger partial charge in [-0.25, -0.2) is 0 Å². The molecule has 0 fully saturated rings. The Morgan fingerprint density at radius 3 is 2.43 bits per heavy atom. The van der Waals surface area contributed by atoms with Gasteiger partial charge < -0.3 is 5.11 Å². The summed E-state index contributed by atoms with van der Waals surface area (Å²) in [4.78, 5) is 8.20. The highest BCUT2D eigenvalue weighted by Crippen LogP contribution is 2.28. The first-order valence-electron chi connectivity index (χ1n) is 3.24. The summed E-state index contributed by atoms with van der Waals surface area (Å²) >= 11 is 0. The largest absolute Gasteiger partial charge is 0.506 e. The fourth-order valence-corrected chi connectivity index (χ4v) is 1.39. The summed E-state index contributed by atoms with van der Waals surface area (Å²) in [6.45, 7) is 0. The molecule has 0 spiro atoms. The Labute approximate surface area is 78.0 Å². The molecule has 1 aromatic carbocycles. The van der Waals surface area contributed by atoms with Gasteiger partial charge in [-0.3, -0.25) is 10.1 Å². The molecular weight excluding hydrogens is 217 g/mol. The summed E-state index contributed by atoms with van der Waals surface area (Å²) in [7, 11) is -5.14. The summed E-state index contributed by atoms with van der Waals surface area (Å²) in [5, 5.41) is 19.1. The van der Waals surface area contributed by atoms with Gasteiger partial charge in [0, 0.05) is 12.1 Å². The van der Waals surface area contributed by atoms with Gasteiger partial charge in [-0.2, -0.15) is 8.42 Å². The molecule has 0 unspecified atom stereocenters. The molecule has 0 radical (unpaired) electrons. The third-order valence-corrected chi connectivity index (χ3v) is 2.27. The Morgan fingerprint density at radius 1 is 1.43 bits per heavy atom. The maximum Gasteiger partial charge on any atom is 0.336 e. The first kappa shape index (κ1) is 10.4. The summed E-state index contributed by atoms with van der Waals surface area (Å²) in [5.41, 5.74) is -0.612. The molecule has 0 aliphatic rings. The molecule has 0 bridgehead atoms. The minimum atomic E-state index is -5.14. The lowest BCUT2D eigenvalue weighted by Crippen LogP contribution is -1.95. The van der Waals surface area contributed by atoms with Crippen molar-refractivity contribution in [2.75, 3.05) is 0 Å². The zero-order valence-electron chi connectivity index (χ0n) is 6.55.